The predicted octanol–water partition coefficient (Wildman–Crippen LogP) is 0.377. The van der Waals surface area contributed by atoms with Crippen LogP contribution in [0.2, 0.25) is 0 Å². The van der Waals surface area contributed by atoms with Gasteiger partial charge in [0.1, 0.15) is 6.54 Å². The summed E-state index contributed by atoms with van der Waals surface area (Å²) in [6.07, 6.45) is 0.688. The number of nitrogens with zero attached hydrogens (tertiary/aromatic N) is 2. The van der Waals surface area contributed by atoms with Crippen molar-refractivity contribution in [3.05, 3.63) is 0 Å². The lowest BCUT2D eigenvalue weighted by Gasteiger charge is -2.16. The molecular weight excluding hydrogens is 116 g/mol. The molecule has 50 valence electrons. The maximum Gasteiger partial charge on any atom is 0.210 e. The van der Waals surface area contributed by atoms with Gasteiger partial charge in [0.2, 0.25) is 6.41 Å². The molecule has 0 aliphatic carbocycles. The highest BCUT2D eigenvalue weighted by atomic mass is 16.1. The van der Waals surface area contributed by atoms with Crippen LogP contribution in [0, 0.1) is 11.3 Å². The fourth-order valence-corrected chi connectivity index (χ4v) is 0.423. The number of amides is 1. The molecule has 0 radical (unpaired) electrons. The third kappa shape index (κ3) is 2.70. The number of carbonyl (C=O) groups excluding carboxylic acids is 1. The van der Waals surface area contributed by atoms with Gasteiger partial charge >= 0.3 is 0 Å². The Morgan fingerprint density at radius 1 is 1.78 bits per heavy atom. The van der Waals surface area contributed by atoms with Gasteiger partial charge in [-0.2, -0.15) is 5.26 Å². The molecule has 0 heterocycles. The molecule has 0 aromatic heterocycles. The van der Waals surface area contributed by atoms with Gasteiger partial charge in [0, 0.05) is 6.04 Å². The van der Waals surface area contributed by atoms with Crippen molar-refractivity contribution in [2.45, 2.75) is 19.9 Å². The van der Waals surface area contributed by atoms with Crippen LogP contribution in [0.5, 0.6) is 0 Å². The SMILES string of the molecule is CC(C)N(C=O)CC#N. The smallest absolute Gasteiger partial charge is 0.210 e. The average Bonchev–Trinajstić information content (AvgIpc) is 1.82. The summed E-state index contributed by atoms with van der Waals surface area (Å²) < 4.78 is 0. The Bertz CT molecular complexity index is 126. The maximum absolute atomic E-state index is 10.1. The fraction of sp³-hybridized carbons (Fsp3) is 0.667. The Balaban J connectivity index is 3.71. The molecule has 0 aromatic carbocycles. The number of hydrogen-bond acceptors (Lipinski definition) is 2. The second-order valence-electron chi connectivity index (χ2n) is 2.03. The summed E-state index contributed by atoms with van der Waals surface area (Å²) >= 11 is 0. The fourth-order valence-electron chi connectivity index (χ4n) is 0.423. The van der Waals surface area contributed by atoms with Crippen molar-refractivity contribution in [1.29, 1.82) is 5.26 Å². The summed E-state index contributed by atoms with van der Waals surface area (Å²) in [6, 6.07) is 2.02. The molecule has 0 aliphatic heterocycles. The molecule has 3 heteroatoms. The minimum Gasteiger partial charge on any atom is -0.330 e. The van der Waals surface area contributed by atoms with Gasteiger partial charge in [-0.05, 0) is 13.8 Å². The third-order valence-electron chi connectivity index (χ3n) is 1.05. The minimum atomic E-state index is 0.127. The first kappa shape index (κ1) is 7.96. The van der Waals surface area contributed by atoms with Crippen LogP contribution in [-0.2, 0) is 4.79 Å². The summed E-state index contributed by atoms with van der Waals surface area (Å²) in [7, 11) is 0. The van der Waals surface area contributed by atoms with E-state index >= 15 is 0 Å². The van der Waals surface area contributed by atoms with E-state index in [9.17, 15) is 4.79 Å². The summed E-state index contributed by atoms with van der Waals surface area (Å²) in [5.41, 5.74) is 0. The molecule has 0 aromatic rings. The van der Waals surface area contributed by atoms with Gasteiger partial charge in [0.25, 0.3) is 0 Å². The van der Waals surface area contributed by atoms with Gasteiger partial charge in [-0.1, -0.05) is 0 Å². The molecule has 0 saturated heterocycles. The van der Waals surface area contributed by atoms with Gasteiger partial charge in [0.15, 0.2) is 0 Å². The largest absolute Gasteiger partial charge is 0.330 e. The Hall–Kier alpha value is -1.04. The van der Waals surface area contributed by atoms with Crippen LogP contribution in [0.3, 0.4) is 0 Å². The molecule has 3 nitrogen and oxygen atoms in total. The highest BCUT2D eigenvalue weighted by molar-refractivity contribution is 5.48. The molecule has 0 aliphatic rings. The predicted molar refractivity (Wildman–Crippen MR) is 33.5 cm³/mol. The van der Waals surface area contributed by atoms with Crippen molar-refractivity contribution in [3.63, 3.8) is 0 Å². The maximum atomic E-state index is 10.1. The normalized spacial score (nSPS) is 8.67. The van der Waals surface area contributed by atoms with E-state index in [1.165, 1.54) is 4.90 Å². The molecule has 0 rings (SSSR count). The number of hydrogen-bond donors (Lipinski definition) is 0. The molecule has 0 unspecified atom stereocenters. The van der Waals surface area contributed by atoms with Crippen LogP contribution in [0.1, 0.15) is 13.8 Å². The zero-order chi connectivity index (χ0) is 7.28. The Labute approximate surface area is 54.9 Å². The van der Waals surface area contributed by atoms with Crippen LogP contribution >= 0.6 is 0 Å². The van der Waals surface area contributed by atoms with Gasteiger partial charge < -0.3 is 4.90 Å². The molecule has 0 N–H and O–H groups in total. The van der Waals surface area contributed by atoms with Gasteiger partial charge in [0.05, 0.1) is 6.07 Å². The van der Waals surface area contributed by atoms with E-state index in [-0.39, 0.29) is 12.6 Å². The molecular formula is C6H10N2O. The van der Waals surface area contributed by atoms with Gasteiger partial charge in [-0.25, -0.2) is 0 Å². The van der Waals surface area contributed by atoms with Crippen LogP contribution in [0.4, 0.5) is 0 Å². The summed E-state index contributed by atoms with van der Waals surface area (Å²) in [4.78, 5) is 11.5. The molecule has 0 bridgehead atoms. The van der Waals surface area contributed by atoms with E-state index in [0.29, 0.717) is 6.41 Å². The lowest BCUT2D eigenvalue weighted by molar-refractivity contribution is -0.118. The highest BCUT2D eigenvalue weighted by Crippen LogP contribution is 1.90. The Morgan fingerprint density at radius 3 is 2.44 bits per heavy atom. The lowest BCUT2D eigenvalue weighted by atomic mass is 10.3. The molecule has 9 heavy (non-hydrogen) atoms. The monoisotopic (exact) mass is 126 g/mol. The second kappa shape index (κ2) is 3.90. The van der Waals surface area contributed by atoms with E-state index in [0.717, 1.165) is 0 Å². The van der Waals surface area contributed by atoms with Gasteiger partial charge in [-0.15, -0.1) is 0 Å². The van der Waals surface area contributed by atoms with Crippen molar-refractivity contribution in [2.24, 2.45) is 0 Å². The molecule has 0 saturated carbocycles. The number of carbonyl (C=O) groups is 1. The minimum absolute atomic E-state index is 0.127. The summed E-state index contributed by atoms with van der Waals surface area (Å²) in [5.74, 6) is 0. The lowest BCUT2D eigenvalue weighted by Crippen LogP contribution is -2.29. The van der Waals surface area contributed by atoms with E-state index in [1.54, 1.807) is 0 Å². The number of rotatable bonds is 3. The van der Waals surface area contributed by atoms with Crippen LogP contribution in [0.25, 0.3) is 0 Å². The van der Waals surface area contributed by atoms with E-state index in [2.05, 4.69) is 0 Å². The van der Waals surface area contributed by atoms with Crippen molar-refractivity contribution in [3.8, 4) is 6.07 Å². The van der Waals surface area contributed by atoms with E-state index < -0.39 is 0 Å². The van der Waals surface area contributed by atoms with Crippen LogP contribution in [0.15, 0.2) is 0 Å². The van der Waals surface area contributed by atoms with Crippen molar-refractivity contribution < 1.29 is 4.79 Å². The third-order valence-corrected chi connectivity index (χ3v) is 1.05. The Kier molecular flexibility index (Phi) is 3.45. The quantitative estimate of drug-likeness (QED) is 0.405. The zero-order valence-corrected chi connectivity index (χ0v) is 5.66. The van der Waals surface area contributed by atoms with E-state index in [4.69, 9.17) is 5.26 Å². The highest BCUT2D eigenvalue weighted by Gasteiger charge is 2.02. The van der Waals surface area contributed by atoms with E-state index in [1.807, 2.05) is 19.9 Å². The molecule has 0 atom stereocenters. The van der Waals surface area contributed by atoms with Crippen molar-refractivity contribution >= 4 is 6.41 Å². The van der Waals surface area contributed by atoms with Gasteiger partial charge in [-0.3, -0.25) is 4.79 Å². The van der Waals surface area contributed by atoms with Crippen molar-refractivity contribution in [2.75, 3.05) is 6.54 Å². The summed E-state index contributed by atoms with van der Waals surface area (Å²) in [6.45, 7) is 3.92. The molecule has 1 amide bonds. The second-order valence-corrected chi connectivity index (χ2v) is 2.03. The standard InChI is InChI=1S/C6H10N2O/c1-6(2)8(5-9)4-3-7/h5-6H,4H2,1-2H3. The topological polar surface area (TPSA) is 44.1 Å². The first-order valence-corrected chi connectivity index (χ1v) is 2.80. The zero-order valence-electron chi connectivity index (χ0n) is 5.66. The average molecular weight is 126 g/mol. The first-order chi connectivity index (χ1) is 4.22. The Morgan fingerprint density at radius 2 is 2.33 bits per heavy atom. The summed E-state index contributed by atoms with van der Waals surface area (Å²) in [5, 5.41) is 8.17. The molecule has 0 fully saturated rings. The van der Waals surface area contributed by atoms with Crippen LogP contribution < -0.4 is 0 Å². The number of nitriles is 1. The molecule has 0 spiro atoms. The first-order valence-electron chi connectivity index (χ1n) is 2.80. The van der Waals surface area contributed by atoms with Crippen molar-refractivity contribution in [1.82, 2.24) is 4.90 Å². The van der Waals surface area contributed by atoms with Crippen LogP contribution in [-0.4, -0.2) is 23.9 Å².